The van der Waals surface area contributed by atoms with E-state index in [2.05, 4.69) is 23.0 Å². The zero-order valence-electron chi connectivity index (χ0n) is 11.4. The molecule has 19 heavy (non-hydrogen) atoms. The normalized spacial score (nSPS) is 18.1. The molecule has 2 heterocycles. The highest BCUT2D eigenvalue weighted by atomic mass is 16.5. The van der Waals surface area contributed by atoms with E-state index in [1.807, 2.05) is 18.5 Å². The van der Waals surface area contributed by atoms with Crippen molar-refractivity contribution in [3.05, 3.63) is 35.8 Å². The first-order valence-corrected chi connectivity index (χ1v) is 6.81. The standard InChI is InChI=1S/C15H21N3O/c1-2-12-3-4-15(18-10-12)13(9-16)11-17-14-5-7-19-8-6-14/h3-4,9-11,14H,2,5-8,16H2,1H3/b13-9+,17-11?. The van der Waals surface area contributed by atoms with Gasteiger partial charge in [-0.25, -0.2) is 0 Å². The van der Waals surface area contributed by atoms with Crippen LogP contribution in [-0.2, 0) is 11.2 Å². The molecule has 102 valence electrons. The SMILES string of the molecule is CCc1ccc(/C(C=NC2CCOCC2)=C/N)nc1. The summed E-state index contributed by atoms with van der Waals surface area (Å²) in [6, 6.07) is 4.42. The number of nitrogens with two attached hydrogens (primary N) is 1. The summed E-state index contributed by atoms with van der Waals surface area (Å²) >= 11 is 0. The maximum absolute atomic E-state index is 5.67. The van der Waals surface area contributed by atoms with Crippen LogP contribution in [0.5, 0.6) is 0 Å². The van der Waals surface area contributed by atoms with Crippen LogP contribution in [0.1, 0.15) is 31.0 Å². The fourth-order valence-electron chi connectivity index (χ4n) is 2.02. The molecule has 2 N–H and O–H groups in total. The quantitative estimate of drug-likeness (QED) is 0.843. The zero-order valence-corrected chi connectivity index (χ0v) is 11.4. The number of hydrogen-bond acceptors (Lipinski definition) is 4. The zero-order chi connectivity index (χ0) is 13.5. The lowest BCUT2D eigenvalue weighted by atomic mass is 10.1. The Morgan fingerprint density at radius 2 is 2.26 bits per heavy atom. The van der Waals surface area contributed by atoms with E-state index in [4.69, 9.17) is 10.5 Å². The Labute approximate surface area is 114 Å². The molecule has 1 aliphatic heterocycles. The van der Waals surface area contributed by atoms with Gasteiger partial charge in [0.1, 0.15) is 0 Å². The first-order chi connectivity index (χ1) is 9.33. The summed E-state index contributed by atoms with van der Waals surface area (Å²) in [4.78, 5) is 9.00. The van der Waals surface area contributed by atoms with E-state index in [0.29, 0.717) is 6.04 Å². The van der Waals surface area contributed by atoms with Crippen molar-refractivity contribution in [1.82, 2.24) is 4.98 Å². The lowest BCUT2D eigenvalue weighted by Crippen LogP contribution is -2.18. The maximum Gasteiger partial charge on any atom is 0.0731 e. The van der Waals surface area contributed by atoms with Crippen molar-refractivity contribution in [3.8, 4) is 0 Å². The number of ether oxygens (including phenoxy) is 1. The lowest BCUT2D eigenvalue weighted by Gasteiger charge is -2.18. The molecule has 0 saturated carbocycles. The van der Waals surface area contributed by atoms with Gasteiger partial charge in [-0.05, 0) is 30.9 Å². The fourth-order valence-corrected chi connectivity index (χ4v) is 2.02. The Balaban J connectivity index is 2.04. The van der Waals surface area contributed by atoms with Gasteiger partial charge < -0.3 is 10.5 Å². The van der Waals surface area contributed by atoms with Gasteiger partial charge in [-0.15, -0.1) is 0 Å². The number of aromatic nitrogens is 1. The Bertz CT molecular complexity index is 445. The minimum absolute atomic E-state index is 0.346. The number of hydrogen-bond donors (Lipinski definition) is 1. The average molecular weight is 259 g/mol. The number of nitrogens with zero attached hydrogens (tertiary/aromatic N) is 2. The van der Waals surface area contributed by atoms with Crippen molar-refractivity contribution >= 4 is 11.8 Å². The molecule has 0 atom stereocenters. The van der Waals surface area contributed by atoms with Gasteiger partial charge in [0.25, 0.3) is 0 Å². The van der Waals surface area contributed by atoms with Gasteiger partial charge in [0.05, 0.1) is 11.7 Å². The monoisotopic (exact) mass is 259 g/mol. The van der Waals surface area contributed by atoms with Crippen molar-refractivity contribution < 1.29 is 4.74 Å². The van der Waals surface area contributed by atoms with E-state index in [9.17, 15) is 0 Å². The highest BCUT2D eigenvalue weighted by Gasteiger charge is 2.11. The van der Waals surface area contributed by atoms with E-state index < -0.39 is 0 Å². The van der Waals surface area contributed by atoms with E-state index in [-0.39, 0.29) is 0 Å². The molecule has 0 aromatic carbocycles. The molecule has 1 aromatic rings. The van der Waals surface area contributed by atoms with Crippen LogP contribution >= 0.6 is 0 Å². The summed E-state index contributed by atoms with van der Waals surface area (Å²) < 4.78 is 5.32. The molecule has 4 nitrogen and oxygen atoms in total. The summed E-state index contributed by atoms with van der Waals surface area (Å²) in [6.07, 6.45) is 8.25. The smallest absolute Gasteiger partial charge is 0.0731 e. The van der Waals surface area contributed by atoms with Gasteiger partial charge in [0.2, 0.25) is 0 Å². The van der Waals surface area contributed by atoms with Gasteiger partial charge in [0.15, 0.2) is 0 Å². The second-order valence-corrected chi connectivity index (χ2v) is 4.65. The van der Waals surface area contributed by atoms with Crippen molar-refractivity contribution in [1.29, 1.82) is 0 Å². The molecule has 0 aliphatic carbocycles. The molecule has 2 rings (SSSR count). The topological polar surface area (TPSA) is 60.5 Å². The van der Waals surface area contributed by atoms with Gasteiger partial charge in [-0.2, -0.15) is 0 Å². The summed E-state index contributed by atoms with van der Waals surface area (Å²) in [6.45, 7) is 3.71. The molecule has 0 bridgehead atoms. The molecular formula is C15H21N3O. The molecule has 1 fully saturated rings. The fraction of sp³-hybridized carbons (Fsp3) is 0.467. The lowest BCUT2D eigenvalue weighted by molar-refractivity contribution is 0.0872. The Morgan fingerprint density at radius 3 is 2.84 bits per heavy atom. The number of aryl methyl sites for hydroxylation is 1. The van der Waals surface area contributed by atoms with Crippen LogP contribution < -0.4 is 5.73 Å². The van der Waals surface area contributed by atoms with Crippen molar-refractivity contribution in [3.63, 3.8) is 0 Å². The van der Waals surface area contributed by atoms with E-state index in [0.717, 1.165) is 43.7 Å². The summed E-state index contributed by atoms with van der Waals surface area (Å²) in [5.41, 5.74) is 8.64. The summed E-state index contributed by atoms with van der Waals surface area (Å²) in [5, 5.41) is 0. The Morgan fingerprint density at radius 1 is 1.47 bits per heavy atom. The highest BCUT2D eigenvalue weighted by molar-refractivity contribution is 6.08. The summed E-state index contributed by atoms with van der Waals surface area (Å²) in [5.74, 6) is 0. The van der Waals surface area contributed by atoms with Crippen molar-refractivity contribution in [2.75, 3.05) is 13.2 Å². The van der Waals surface area contributed by atoms with Crippen LogP contribution in [0.3, 0.4) is 0 Å². The predicted octanol–water partition coefficient (Wildman–Crippen LogP) is 2.19. The van der Waals surface area contributed by atoms with Crippen LogP contribution in [-0.4, -0.2) is 30.5 Å². The summed E-state index contributed by atoms with van der Waals surface area (Å²) in [7, 11) is 0. The van der Waals surface area contributed by atoms with Crippen LogP contribution in [0.4, 0.5) is 0 Å². The van der Waals surface area contributed by atoms with Crippen molar-refractivity contribution in [2.45, 2.75) is 32.2 Å². The van der Waals surface area contributed by atoms with Crippen LogP contribution in [0, 0.1) is 0 Å². The maximum atomic E-state index is 5.67. The van der Waals surface area contributed by atoms with E-state index in [1.165, 1.54) is 5.56 Å². The van der Waals surface area contributed by atoms with Crippen LogP contribution in [0.15, 0.2) is 29.5 Å². The molecule has 1 aromatic heterocycles. The minimum atomic E-state index is 0.346. The molecule has 0 radical (unpaired) electrons. The second kappa shape index (κ2) is 7.04. The molecule has 0 amide bonds. The third kappa shape index (κ3) is 3.89. The van der Waals surface area contributed by atoms with Gasteiger partial charge in [-0.1, -0.05) is 13.0 Å². The van der Waals surface area contributed by atoms with E-state index in [1.54, 1.807) is 6.20 Å². The molecule has 1 saturated heterocycles. The first kappa shape index (κ1) is 13.7. The van der Waals surface area contributed by atoms with Gasteiger partial charge in [0, 0.05) is 37.4 Å². The number of rotatable bonds is 4. The van der Waals surface area contributed by atoms with Gasteiger partial charge in [-0.3, -0.25) is 9.98 Å². The third-order valence-corrected chi connectivity index (χ3v) is 3.32. The highest BCUT2D eigenvalue weighted by Crippen LogP contribution is 2.13. The number of pyridine rings is 1. The molecule has 0 unspecified atom stereocenters. The van der Waals surface area contributed by atoms with Gasteiger partial charge >= 0.3 is 0 Å². The third-order valence-electron chi connectivity index (χ3n) is 3.32. The first-order valence-electron chi connectivity index (χ1n) is 6.81. The minimum Gasteiger partial charge on any atom is -0.404 e. The van der Waals surface area contributed by atoms with Crippen molar-refractivity contribution in [2.24, 2.45) is 10.7 Å². The Kier molecular flexibility index (Phi) is 5.10. The number of allylic oxidation sites excluding steroid dienone is 1. The van der Waals surface area contributed by atoms with E-state index >= 15 is 0 Å². The van der Waals surface area contributed by atoms with Crippen LogP contribution in [0.25, 0.3) is 5.57 Å². The Hall–Kier alpha value is -1.68. The molecular weight excluding hydrogens is 238 g/mol. The van der Waals surface area contributed by atoms with Crippen LogP contribution in [0.2, 0.25) is 0 Å². The largest absolute Gasteiger partial charge is 0.404 e. The second-order valence-electron chi connectivity index (χ2n) is 4.65. The number of aliphatic imine (C=N–C) groups is 1. The predicted molar refractivity (Wildman–Crippen MR) is 78.1 cm³/mol. The average Bonchev–Trinajstić information content (AvgIpc) is 2.49. The molecule has 4 heteroatoms. The molecule has 1 aliphatic rings. The molecule has 0 spiro atoms.